The van der Waals surface area contributed by atoms with Crippen LogP contribution in [0.3, 0.4) is 0 Å². The number of thiophene rings is 1. The molecular weight excluding hydrogens is 482 g/mol. The summed E-state index contributed by atoms with van der Waals surface area (Å²) in [4.78, 5) is 13.8. The van der Waals surface area contributed by atoms with Gasteiger partial charge in [0.05, 0.1) is 19.9 Å². The molecule has 0 unspecified atom stereocenters. The topological polar surface area (TPSA) is 56.8 Å². The van der Waals surface area contributed by atoms with Gasteiger partial charge in [0.15, 0.2) is 11.5 Å². The fourth-order valence-corrected chi connectivity index (χ4v) is 5.68. The van der Waals surface area contributed by atoms with Gasteiger partial charge >= 0.3 is 0 Å². The van der Waals surface area contributed by atoms with E-state index in [2.05, 4.69) is 10.7 Å². The van der Waals surface area contributed by atoms with Gasteiger partial charge in [0, 0.05) is 33.2 Å². The minimum absolute atomic E-state index is 0.00362. The predicted molar refractivity (Wildman–Crippen MR) is 140 cm³/mol. The SMILES string of the molecule is COc1ccc(-c2csc3c2NC(=O)C[C@@H]3c2ccc(OCc3cccc(Cl)c3)cc2)cc1OC. The number of fused-ring (bicyclic) bond motifs is 1. The first-order valence-electron chi connectivity index (χ1n) is 11.2. The normalized spacial score (nSPS) is 14.7. The van der Waals surface area contributed by atoms with Crippen LogP contribution in [0, 0.1) is 0 Å². The van der Waals surface area contributed by atoms with Crippen LogP contribution in [0.2, 0.25) is 5.02 Å². The van der Waals surface area contributed by atoms with E-state index in [0.717, 1.165) is 38.6 Å². The lowest BCUT2D eigenvalue weighted by Crippen LogP contribution is -2.22. The number of rotatable bonds is 7. The van der Waals surface area contributed by atoms with E-state index in [-0.39, 0.29) is 11.8 Å². The van der Waals surface area contributed by atoms with Gasteiger partial charge in [-0.2, -0.15) is 0 Å². The lowest BCUT2D eigenvalue weighted by atomic mass is 9.89. The third-order valence-corrected chi connectivity index (χ3v) is 7.39. The number of methoxy groups -OCH3 is 2. The second-order valence-electron chi connectivity index (χ2n) is 8.25. The van der Waals surface area contributed by atoms with Crippen LogP contribution in [0.4, 0.5) is 5.69 Å². The van der Waals surface area contributed by atoms with Crippen molar-refractivity contribution in [2.75, 3.05) is 19.5 Å². The molecule has 1 aliphatic heterocycles. The van der Waals surface area contributed by atoms with Crippen molar-refractivity contribution in [2.45, 2.75) is 18.9 Å². The van der Waals surface area contributed by atoms with E-state index < -0.39 is 0 Å². The minimum Gasteiger partial charge on any atom is -0.493 e. The van der Waals surface area contributed by atoms with Crippen LogP contribution in [0.15, 0.2) is 72.1 Å². The molecule has 35 heavy (non-hydrogen) atoms. The highest BCUT2D eigenvalue weighted by atomic mass is 35.5. The van der Waals surface area contributed by atoms with Crippen molar-refractivity contribution in [3.63, 3.8) is 0 Å². The van der Waals surface area contributed by atoms with E-state index in [0.29, 0.717) is 29.5 Å². The van der Waals surface area contributed by atoms with Crippen molar-refractivity contribution in [1.29, 1.82) is 0 Å². The predicted octanol–water partition coefficient (Wildman–Crippen LogP) is 7.14. The molecule has 1 atom stereocenters. The Labute approximate surface area is 213 Å². The number of carbonyl (C=O) groups excluding carboxylic acids is 1. The Balaban J connectivity index is 1.39. The number of hydrogen-bond acceptors (Lipinski definition) is 5. The van der Waals surface area contributed by atoms with E-state index >= 15 is 0 Å². The highest BCUT2D eigenvalue weighted by Crippen LogP contribution is 2.47. The van der Waals surface area contributed by atoms with Crippen LogP contribution >= 0.6 is 22.9 Å². The number of amides is 1. The molecule has 3 aromatic carbocycles. The van der Waals surface area contributed by atoms with Gasteiger partial charge in [-0.05, 0) is 53.1 Å². The van der Waals surface area contributed by atoms with Crippen LogP contribution in [0.1, 0.15) is 28.3 Å². The summed E-state index contributed by atoms with van der Waals surface area (Å²) >= 11 is 7.71. The molecule has 0 fully saturated rings. The first-order valence-corrected chi connectivity index (χ1v) is 12.4. The monoisotopic (exact) mass is 505 g/mol. The standard InChI is InChI=1S/C28H24ClNO4S/c1-32-24-11-8-19(13-25(24)33-2)23-16-35-28-22(14-26(31)30-27(23)28)18-6-9-21(10-7-18)34-15-17-4-3-5-20(29)12-17/h3-13,16,22H,14-15H2,1-2H3,(H,30,31)/t22-/m1/s1. The van der Waals surface area contributed by atoms with Crippen LogP contribution in [-0.4, -0.2) is 20.1 Å². The lowest BCUT2D eigenvalue weighted by molar-refractivity contribution is -0.116. The summed E-state index contributed by atoms with van der Waals surface area (Å²) < 4.78 is 16.8. The maximum Gasteiger partial charge on any atom is 0.225 e. The molecule has 5 rings (SSSR count). The molecule has 0 saturated carbocycles. The Morgan fingerprint density at radius 3 is 2.54 bits per heavy atom. The van der Waals surface area contributed by atoms with Crippen LogP contribution < -0.4 is 19.5 Å². The number of halogens is 1. The van der Waals surface area contributed by atoms with E-state index in [9.17, 15) is 4.79 Å². The van der Waals surface area contributed by atoms with Gasteiger partial charge in [-0.25, -0.2) is 0 Å². The highest BCUT2D eigenvalue weighted by Gasteiger charge is 2.30. The molecule has 2 heterocycles. The summed E-state index contributed by atoms with van der Waals surface area (Å²) in [5.74, 6) is 2.08. The second-order valence-corrected chi connectivity index (χ2v) is 9.60. The Hall–Kier alpha value is -3.48. The zero-order valence-electron chi connectivity index (χ0n) is 19.3. The van der Waals surface area contributed by atoms with Crippen LogP contribution in [-0.2, 0) is 11.4 Å². The largest absolute Gasteiger partial charge is 0.493 e. The molecule has 1 aliphatic rings. The molecule has 1 aromatic heterocycles. The number of benzene rings is 3. The fraction of sp³-hybridized carbons (Fsp3) is 0.179. The van der Waals surface area contributed by atoms with Crippen molar-refractivity contribution < 1.29 is 19.0 Å². The number of ether oxygens (including phenoxy) is 3. The molecule has 0 bridgehead atoms. The third kappa shape index (κ3) is 4.85. The lowest BCUT2D eigenvalue weighted by Gasteiger charge is -2.24. The van der Waals surface area contributed by atoms with Gasteiger partial charge in [-0.15, -0.1) is 11.3 Å². The Kier molecular flexibility index (Phi) is 6.66. The molecule has 1 amide bonds. The summed E-state index contributed by atoms with van der Waals surface area (Å²) in [7, 11) is 3.23. The maximum atomic E-state index is 12.7. The van der Waals surface area contributed by atoms with Gasteiger partial charge in [0.2, 0.25) is 5.91 Å². The fourth-order valence-electron chi connectivity index (χ4n) is 4.30. The average Bonchev–Trinajstić information content (AvgIpc) is 3.30. The van der Waals surface area contributed by atoms with Crippen molar-refractivity contribution in [3.05, 3.63) is 93.1 Å². The first kappa shape index (κ1) is 23.3. The molecule has 0 saturated heterocycles. The molecule has 7 heteroatoms. The molecule has 5 nitrogen and oxygen atoms in total. The van der Waals surface area contributed by atoms with E-state index in [4.69, 9.17) is 25.8 Å². The van der Waals surface area contributed by atoms with Crippen molar-refractivity contribution in [1.82, 2.24) is 0 Å². The molecule has 4 aromatic rings. The number of hydrogen-bond donors (Lipinski definition) is 1. The molecule has 0 aliphatic carbocycles. The Morgan fingerprint density at radius 2 is 1.80 bits per heavy atom. The maximum absolute atomic E-state index is 12.7. The molecule has 0 radical (unpaired) electrons. The zero-order valence-corrected chi connectivity index (χ0v) is 20.9. The summed E-state index contributed by atoms with van der Waals surface area (Å²) in [5, 5.41) is 5.87. The van der Waals surface area contributed by atoms with Gasteiger partial charge in [-0.3, -0.25) is 4.79 Å². The van der Waals surface area contributed by atoms with Crippen molar-refractivity contribution in [3.8, 4) is 28.4 Å². The van der Waals surface area contributed by atoms with Crippen molar-refractivity contribution in [2.24, 2.45) is 0 Å². The summed E-state index contributed by atoms with van der Waals surface area (Å²) in [6.45, 7) is 0.440. The van der Waals surface area contributed by atoms with E-state index in [1.54, 1.807) is 25.6 Å². The van der Waals surface area contributed by atoms with Crippen LogP contribution in [0.5, 0.6) is 17.2 Å². The third-order valence-electron chi connectivity index (χ3n) is 6.06. The number of carbonyl (C=O) groups is 1. The average molecular weight is 506 g/mol. The van der Waals surface area contributed by atoms with Gasteiger partial charge in [0.25, 0.3) is 0 Å². The number of anilines is 1. The van der Waals surface area contributed by atoms with Gasteiger partial charge in [0.1, 0.15) is 12.4 Å². The molecule has 1 N–H and O–H groups in total. The smallest absolute Gasteiger partial charge is 0.225 e. The van der Waals surface area contributed by atoms with Gasteiger partial charge < -0.3 is 19.5 Å². The van der Waals surface area contributed by atoms with Crippen molar-refractivity contribution >= 4 is 34.5 Å². The molecule has 178 valence electrons. The summed E-state index contributed by atoms with van der Waals surface area (Å²) in [6, 6.07) is 21.4. The highest BCUT2D eigenvalue weighted by molar-refractivity contribution is 7.11. The Morgan fingerprint density at radius 1 is 1.00 bits per heavy atom. The minimum atomic E-state index is -0.0142. The second kappa shape index (κ2) is 10.0. The first-order chi connectivity index (χ1) is 17.1. The number of nitrogens with one attached hydrogen (secondary N) is 1. The summed E-state index contributed by atoms with van der Waals surface area (Å²) in [5.41, 5.74) is 4.90. The van der Waals surface area contributed by atoms with Gasteiger partial charge in [-0.1, -0.05) is 41.9 Å². The van der Waals surface area contributed by atoms with E-state index in [1.165, 1.54) is 0 Å². The molecule has 0 spiro atoms. The summed E-state index contributed by atoms with van der Waals surface area (Å²) in [6.07, 6.45) is 0.404. The van der Waals surface area contributed by atoms with Crippen LogP contribution in [0.25, 0.3) is 11.1 Å². The van der Waals surface area contributed by atoms with E-state index in [1.807, 2.05) is 66.7 Å². The Bertz CT molecular complexity index is 1370. The quantitative estimate of drug-likeness (QED) is 0.290. The zero-order chi connectivity index (χ0) is 24.4. The molecular formula is C28H24ClNO4S.